The molecule has 3 aromatic carbocycles. The van der Waals surface area contributed by atoms with Gasteiger partial charge in [0.15, 0.2) is 0 Å². The number of amides is 2. The molecule has 0 radical (unpaired) electrons. The molecular formula is C33H43N3O5S. The van der Waals surface area contributed by atoms with Crippen molar-refractivity contribution < 1.29 is 22.7 Å². The van der Waals surface area contributed by atoms with Crippen LogP contribution in [0.15, 0.2) is 77.7 Å². The van der Waals surface area contributed by atoms with E-state index in [9.17, 15) is 18.0 Å². The number of anilines is 1. The lowest BCUT2D eigenvalue weighted by Gasteiger charge is -2.33. The van der Waals surface area contributed by atoms with Crippen molar-refractivity contribution in [3.8, 4) is 5.75 Å². The summed E-state index contributed by atoms with van der Waals surface area (Å²) in [5, 5.41) is 2.91. The van der Waals surface area contributed by atoms with E-state index in [1.165, 1.54) is 4.90 Å². The smallest absolute Gasteiger partial charge is 0.264 e. The van der Waals surface area contributed by atoms with Crippen LogP contribution in [0.2, 0.25) is 0 Å². The molecule has 3 rings (SSSR count). The molecule has 0 saturated heterocycles. The molecule has 0 fully saturated rings. The Kier molecular flexibility index (Phi) is 11.2. The molecule has 2 amide bonds. The van der Waals surface area contributed by atoms with E-state index in [0.29, 0.717) is 17.9 Å². The van der Waals surface area contributed by atoms with Gasteiger partial charge in [-0.15, -0.1) is 0 Å². The Bertz CT molecular complexity index is 1450. The Morgan fingerprint density at radius 3 is 2.12 bits per heavy atom. The van der Waals surface area contributed by atoms with Crippen molar-refractivity contribution in [3.05, 3.63) is 89.5 Å². The van der Waals surface area contributed by atoms with Crippen molar-refractivity contribution in [1.82, 2.24) is 10.2 Å². The van der Waals surface area contributed by atoms with E-state index in [1.807, 2.05) is 52.0 Å². The van der Waals surface area contributed by atoms with Crippen LogP contribution >= 0.6 is 0 Å². The largest absolute Gasteiger partial charge is 0.497 e. The van der Waals surface area contributed by atoms with Gasteiger partial charge >= 0.3 is 0 Å². The van der Waals surface area contributed by atoms with Crippen LogP contribution in [0.4, 0.5) is 5.69 Å². The maximum absolute atomic E-state index is 14.2. The lowest BCUT2D eigenvalue weighted by molar-refractivity contribution is -0.140. The van der Waals surface area contributed by atoms with Gasteiger partial charge in [-0.2, -0.15) is 0 Å². The molecule has 0 aliphatic rings. The summed E-state index contributed by atoms with van der Waals surface area (Å²) in [7, 11) is -2.56. The molecule has 0 aliphatic heterocycles. The first-order valence-electron chi connectivity index (χ1n) is 14.3. The number of nitrogens with one attached hydrogen (secondary N) is 1. The third kappa shape index (κ3) is 8.12. The number of methoxy groups -OCH3 is 1. The number of hydrogen-bond acceptors (Lipinski definition) is 5. The van der Waals surface area contributed by atoms with Gasteiger partial charge in [0.2, 0.25) is 11.8 Å². The van der Waals surface area contributed by atoms with Crippen LogP contribution in [-0.4, -0.2) is 50.9 Å². The number of ether oxygens (including phenoxy) is 1. The molecule has 42 heavy (non-hydrogen) atoms. The Balaban J connectivity index is 2.09. The van der Waals surface area contributed by atoms with Gasteiger partial charge in [-0.3, -0.25) is 13.9 Å². The highest BCUT2D eigenvalue weighted by Crippen LogP contribution is 2.27. The predicted octanol–water partition coefficient (Wildman–Crippen LogP) is 5.65. The number of carbonyl (C=O) groups excluding carboxylic acids is 2. The van der Waals surface area contributed by atoms with Crippen molar-refractivity contribution in [2.45, 2.75) is 77.4 Å². The third-order valence-corrected chi connectivity index (χ3v) is 8.83. The van der Waals surface area contributed by atoms with Gasteiger partial charge in [0.1, 0.15) is 18.3 Å². The van der Waals surface area contributed by atoms with Crippen LogP contribution in [0, 0.1) is 6.92 Å². The minimum atomic E-state index is -4.12. The summed E-state index contributed by atoms with van der Waals surface area (Å²) in [6.45, 7) is 11.2. The fourth-order valence-electron chi connectivity index (χ4n) is 4.66. The first-order valence-corrected chi connectivity index (χ1v) is 15.7. The standard InChI is InChI=1S/C33H43N3O5S/c1-8-31(33(38)34-24(4)5)35(21-26-10-9-11-29(20-26)41-7)32(37)22-36(28-16-14-27(15-17-28)23(2)3)42(39,40)30-18-12-25(6)13-19-30/h9-20,23-24,31H,8,21-22H2,1-7H3,(H,34,38)/t31-/m0/s1. The minimum absolute atomic E-state index is 0.0813. The van der Waals surface area contributed by atoms with Crippen molar-refractivity contribution >= 4 is 27.5 Å². The number of hydrogen-bond donors (Lipinski definition) is 1. The lowest BCUT2D eigenvalue weighted by Crippen LogP contribution is -2.53. The number of rotatable bonds is 13. The number of benzene rings is 3. The van der Waals surface area contributed by atoms with Gasteiger partial charge in [0.05, 0.1) is 17.7 Å². The molecule has 0 saturated carbocycles. The monoisotopic (exact) mass is 593 g/mol. The summed E-state index contributed by atoms with van der Waals surface area (Å²) in [6.07, 6.45) is 0.349. The van der Waals surface area contributed by atoms with Gasteiger partial charge in [0, 0.05) is 12.6 Å². The first kappa shape index (κ1) is 32.7. The van der Waals surface area contributed by atoms with E-state index < -0.39 is 28.5 Å². The van der Waals surface area contributed by atoms with E-state index in [1.54, 1.807) is 55.6 Å². The Morgan fingerprint density at radius 1 is 0.929 bits per heavy atom. The molecule has 0 aliphatic carbocycles. The van der Waals surface area contributed by atoms with Crippen LogP contribution in [0.5, 0.6) is 5.75 Å². The molecule has 1 atom stereocenters. The van der Waals surface area contributed by atoms with Crippen LogP contribution < -0.4 is 14.4 Å². The molecule has 0 bridgehead atoms. The predicted molar refractivity (Wildman–Crippen MR) is 167 cm³/mol. The molecule has 3 aromatic rings. The van der Waals surface area contributed by atoms with Crippen LogP contribution in [0.3, 0.4) is 0 Å². The van der Waals surface area contributed by atoms with Crippen molar-refractivity contribution in [2.24, 2.45) is 0 Å². The van der Waals surface area contributed by atoms with Crippen molar-refractivity contribution in [2.75, 3.05) is 18.0 Å². The van der Waals surface area contributed by atoms with E-state index in [-0.39, 0.29) is 29.3 Å². The topological polar surface area (TPSA) is 96.0 Å². The third-order valence-electron chi connectivity index (χ3n) is 7.04. The zero-order valence-electron chi connectivity index (χ0n) is 25.6. The molecule has 9 heteroatoms. The summed E-state index contributed by atoms with van der Waals surface area (Å²) in [4.78, 5) is 29.0. The Morgan fingerprint density at radius 2 is 1.57 bits per heavy atom. The van der Waals surface area contributed by atoms with E-state index >= 15 is 0 Å². The van der Waals surface area contributed by atoms with Gasteiger partial charge in [-0.05, 0) is 80.6 Å². The van der Waals surface area contributed by atoms with Gasteiger partial charge in [-0.1, -0.05) is 62.7 Å². The average Bonchev–Trinajstić information content (AvgIpc) is 2.95. The summed E-state index contributed by atoms with van der Waals surface area (Å²) in [5.74, 6) is 0.0875. The number of sulfonamides is 1. The summed E-state index contributed by atoms with van der Waals surface area (Å²) < 4.78 is 34.6. The first-order chi connectivity index (χ1) is 19.9. The fraction of sp³-hybridized carbons (Fsp3) is 0.394. The van der Waals surface area contributed by atoms with Gasteiger partial charge in [0.25, 0.3) is 10.0 Å². The van der Waals surface area contributed by atoms with E-state index in [4.69, 9.17) is 4.74 Å². The zero-order valence-corrected chi connectivity index (χ0v) is 26.4. The Hall–Kier alpha value is -3.85. The molecule has 226 valence electrons. The molecule has 0 spiro atoms. The van der Waals surface area contributed by atoms with Crippen molar-refractivity contribution in [1.29, 1.82) is 0 Å². The fourth-order valence-corrected chi connectivity index (χ4v) is 6.07. The second-order valence-electron chi connectivity index (χ2n) is 11.0. The maximum atomic E-state index is 14.2. The highest BCUT2D eigenvalue weighted by Gasteiger charge is 2.34. The number of nitrogens with zero attached hydrogens (tertiary/aromatic N) is 2. The summed E-state index contributed by atoms with van der Waals surface area (Å²) in [5.41, 5.74) is 3.10. The quantitative estimate of drug-likeness (QED) is 0.276. The molecule has 0 heterocycles. The SMILES string of the molecule is CC[C@@H](C(=O)NC(C)C)N(Cc1cccc(OC)c1)C(=O)CN(c1ccc(C(C)C)cc1)S(=O)(=O)c1ccc(C)cc1. The summed E-state index contributed by atoms with van der Waals surface area (Å²) >= 11 is 0. The highest BCUT2D eigenvalue weighted by molar-refractivity contribution is 7.92. The maximum Gasteiger partial charge on any atom is 0.264 e. The van der Waals surface area contributed by atoms with Gasteiger partial charge < -0.3 is 15.0 Å². The number of carbonyl (C=O) groups is 2. The molecule has 0 aromatic heterocycles. The molecular weight excluding hydrogens is 550 g/mol. The summed E-state index contributed by atoms with van der Waals surface area (Å²) in [6, 6.07) is 20.1. The van der Waals surface area contributed by atoms with E-state index in [0.717, 1.165) is 21.0 Å². The van der Waals surface area contributed by atoms with E-state index in [2.05, 4.69) is 19.2 Å². The second-order valence-corrected chi connectivity index (χ2v) is 12.9. The number of aryl methyl sites for hydroxylation is 1. The normalized spacial score (nSPS) is 12.2. The molecule has 1 N–H and O–H groups in total. The van der Waals surface area contributed by atoms with Crippen LogP contribution in [0.1, 0.15) is 63.6 Å². The second kappa shape index (κ2) is 14.4. The van der Waals surface area contributed by atoms with Crippen LogP contribution in [0.25, 0.3) is 0 Å². The average molecular weight is 594 g/mol. The zero-order chi connectivity index (χ0) is 31.0. The van der Waals surface area contributed by atoms with Crippen LogP contribution in [-0.2, 0) is 26.2 Å². The van der Waals surface area contributed by atoms with Gasteiger partial charge in [-0.25, -0.2) is 8.42 Å². The van der Waals surface area contributed by atoms with Crippen molar-refractivity contribution in [3.63, 3.8) is 0 Å². The lowest BCUT2D eigenvalue weighted by atomic mass is 10.0. The highest BCUT2D eigenvalue weighted by atomic mass is 32.2. The Labute approximate surface area is 250 Å². The minimum Gasteiger partial charge on any atom is -0.497 e. The molecule has 8 nitrogen and oxygen atoms in total. The molecule has 0 unspecified atom stereocenters.